The Morgan fingerprint density at radius 1 is 1.69 bits per heavy atom. The normalized spacial score (nSPS) is 9.50. The van der Waals surface area contributed by atoms with Gasteiger partial charge in [-0.2, -0.15) is 0 Å². The third kappa shape index (κ3) is 3.24. The molecule has 1 aromatic rings. The van der Waals surface area contributed by atoms with Crippen LogP contribution in [-0.4, -0.2) is 27.6 Å². The second kappa shape index (κ2) is 5.71. The number of anilines is 1. The Hall–Kier alpha value is -2.09. The Bertz CT molecular complexity index is 424. The minimum Gasteiger partial charge on any atom is -0.478 e. The van der Waals surface area contributed by atoms with Crippen molar-refractivity contribution >= 4 is 11.9 Å². The van der Waals surface area contributed by atoms with Gasteiger partial charge in [-0.1, -0.05) is 0 Å². The first kappa shape index (κ1) is 12.0. The van der Waals surface area contributed by atoms with E-state index in [1.807, 2.05) is 0 Å². The summed E-state index contributed by atoms with van der Waals surface area (Å²) < 4.78 is 0. The van der Waals surface area contributed by atoms with Gasteiger partial charge < -0.3 is 10.4 Å². The highest BCUT2D eigenvalue weighted by Gasteiger charge is 2.09. The average Bonchev–Trinajstić information content (AvgIpc) is 2.24. The van der Waals surface area contributed by atoms with Crippen molar-refractivity contribution in [1.82, 2.24) is 9.97 Å². The zero-order valence-electron chi connectivity index (χ0n) is 9.03. The third-order valence-electron chi connectivity index (χ3n) is 1.99. The Labute approximate surface area is 93.9 Å². The molecule has 0 aromatic carbocycles. The van der Waals surface area contributed by atoms with Crippen molar-refractivity contribution in [1.29, 1.82) is 0 Å². The zero-order chi connectivity index (χ0) is 12.0. The van der Waals surface area contributed by atoms with Crippen LogP contribution in [0.2, 0.25) is 0 Å². The summed E-state index contributed by atoms with van der Waals surface area (Å²) in [5.74, 6) is 1.94. The lowest BCUT2D eigenvalue weighted by molar-refractivity contribution is 0.0695. The smallest absolute Gasteiger partial charge is 0.339 e. The van der Waals surface area contributed by atoms with Gasteiger partial charge in [0, 0.05) is 19.2 Å². The number of nitrogens with one attached hydrogen (secondary N) is 1. The predicted molar refractivity (Wildman–Crippen MR) is 60.3 cm³/mol. The fraction of sp³-hybridized carbons (Fsp3) is 0.364. The van der Waals surface area contributed by atoms with Crippen molar-refractivity contribution in [3.05, 3.63) is 17.5 Å². The van der Waals surface area contributed by atoms with E-state index in [1.165, 1.54) is 6.20 Å². The molecule has 5 nitrogen and oxygen atoms in total. The summed E-state index contributed by atoms with van der Waals surface area (Å²) in [7, 11) is 0. The highest BCUT2D eigenvalue weighted by molar-refractivity contribution is 5.88. The molecular formula is C11H13N3O2. The SMILES string of the molecule is C#CCCCNc1ncc(C(=O)O)c(C)n1. The van der Waals surface area contributed by atoms with E-state index in [0.29, 0.717) is 24.6 Å². The number of terminal acetylenes is 1. The minimum absolute atomic E-state index is 0.120. The standard InChI is InChI=1S/C11H13N3O2/c1-3-4-5-6-12-11-13-7-9(10(15)16)8(2)14-11/h1,7H,4-6H2,2H3,(H,15,16)(H,12,13,14). The maximum absolute atomic E-state index is 10.7. The van der Waals surface area contributed by atoms with Crippen LogP contribution in [-0.2, 0) is 0 Å². The molecule has 1 rings (SSSR count). The third-order valence-corrected chi connectivity index (χ3v) is 1.99. The zero-order valence-corrected chi connectivity index (χ0v) is 9.03. The van der Waals surface area contributed by atoms with Crippen LogP contribution < -0.4 is 5.32 Å². The molecule has 0 fully saturated rings. The molecule has 0 bridgehead atoms. The molecule has 84 valence electrons. The van der Waals surface area contributed by atoms with Gasteiger partial charge in [-0.3, -0.25) is 0 Å². The molecule has 0 spiro atoms. The van der Waals surface area contributed by atoms with Crippen molar-refractivity contribution in [2.45, 2.75) is 19.8 Å². The molecule has 0 aliphatic rings. The quantitative estimate of drug-likeness (QED) is 0.577. The topological polar surface area (TPSA) is 75.1 Å². The van der Waals surface area contributed by atoms with Crippen LogP contribution >= 0.6 is 0 Å². The first-order valence-electron chi connectivity index (χ1n) is 4.89. The van der Waals surface area contributed by atoms with Gasteiger partial charge in [0.25, 0.3) is 0 Å². The first-order valence-corrected chi connectivity index (χ1v) is 4.89. The molecule has 0 aliphatic heterocycles. The average molecular weight is 219 g/mol. The van der Waals surface area contributed by atoms with E-state index in [4.69, 9.17) is 11.5 Å². The van der Waals surface area contributed by atoms with Crippen molar-refractivity contribution in [3.8, 4) is 12.3 Å². The lowest BCUT2D eigenvalue weighted by Crippen LogP contribution is -2.09. The lowest BCUT2D eigenvalue weighted by atomic mass is 10.2. The summed E-state index contributed by atoms with van der Waals surface area (Å²) in [6.07, 6.45) is 7.94. The van der Waals surface area contributed by atoms with Gasteiger partial charge in [-0.25, -0.2) is 14.8 Å². The maximum atomic E-state index is 10.7. The first-order chi connectivity index (χ1) is 7.65. The van der Waals surface area contributed by atoms with Gasteiger partial charge in [0.15, 0.2) is 0 Å². The van der Waals surface area contributed by atoms with Gasteiger partial charge in [-0.15, -0.1) is 12.3 Å². The maximum Gasteiger partial charge on any atom is 0.339 e. The monoisotopic (exact) mass is 219 g/mol. The molecular weight excluding hydrogens is 206 g/mol. The van der Waals surface area contributed by atoms with Gasteiger partial charge in [0.1, 0.15) is 0 Å². The van der Waals surface area contributed by atoms with Crippen molar-refractivity contribution in [2.24, 2.45) is 0 Å². The molecule has 1 heterocycles. The van der Waals surface area contributed by atoms with Crippen molar-refractivity contribution in [3.63, 3.8) is 0 Å². The van der Waals surface area contributed by atoms with E-state index < -0.39 is 5.97 Å². The second-order valence-corrected chi connectivity index (χ2v) is 3.23. The van der Waals surface area contributed by atoms with Crippen LogP contribution in [0, 0.1) is 19.3 Å². The molecule has 0 radical (unpaired) electrons. The summed E-state index contributed by atoms with van der Waals surface area (Å²) in [6.45, 7) is 2.31. The molecule has 0 unspecified atom stereocenters. The molecule has 0 amide bonds. The van der Waals surface area contributed by atoms with Crippen LogP contribution in [0.3, 0.4) is 0 Å². The molecule has 0 atom stereocenters. The van der Waals surface area contributed by atoms with Crippen LogP contribution in [0.1, 0.15) is 28.9 Å². The fourth-order valence-corrected chi connectivity index (χ4v) is 1.15. The van der Waals surface area contributed by atoms with E-state index in [0.717, 1.165) is 6.42 Å². The Kier molecular flexibility index (Phi) is 4.28. The summed E-state index contributed by atoms with van der Waals surface area (Å²) in [5.41, 5.74) is 0.566. The number of hydrogen-bond acceptors (Lipinski definition) is 4. The van der Waals surface area contributed by atoms with Crippen molar-refractivity contribution in [2.75, 3.05) is 11.9 Å². The van der Waals surface area contributed by atoms with Gasteiger partial charge in [0.2, 0.25) is 5.95 Å². The Morgan fingerprint density at radius 2 is 2.44 bits per heavy atom. The van der Waals surface area contributed by atoms with Crippen LogP contribution in [0.15, 0.2) is 6.20 Å². The van der Waals surface area contributed by atoms with E-state index in [9.17, 15) is 4.79 Å². The molecule has 0 aliphatic carbocycles. The second-order valence-electron chi connectivity index (χ2n) is 3.23. The fourth-order valence-electron chi connectivity index (χ4n) is 1.15. The molecule has 2 N–H and O–H groups in total. The Balaban J connectivity index is 2.60. The summed E-state index contributed by atoms with van der Waals surface area (Å²) in [6, 6.07) is 0. The van der Waals surface area contributed by atoms with Crippen LogP contribution in [0.5, 0.6) is 0 Å². The number of aromatic nitrogens is 2. The van der Waals surface area contributed by atoms with E-state index in [2.05, 4.69) is 21.2 Å². The number of aromatic carboxylic acids is 1. The summed E-state index contributed by atoms with van der Waals surface area (Å²) in [5, 5.41) is 11.8. The number of unbranched alkanes of at least 4 members (excludes halogenated alkanes) is 1. The number of aryl methyl sites for hydroxylation is 1. The number of hydrogen-bond donors (Lipinski definition) is 2. The number of carboxylic acids is 1. The van der Waals surface area contributed by atoms with E-state index in [-0.39, 0.29) is 5.56 Å². The van der Waals surface area contributed by atoms with E-state index in [1.54, 1.807) is 6.92 Å². The minimum atomic E-state index is -1.02. The number of carbonyl (C=O) groups is 1. The van der Waals surface area contributed by atoms with Crippen molar-refractivity contribution < 1.29 is 9.90 Å². The lowest BCUT2D eigenvalue weighted by Gasteiger charge is -2.05. The molecule has 1 aromatic heterocycles. The highest BCUT2D eigenvalue weighted by atomic mass is 16.4. The number of carboxylic acid groups (broad SMARTS) is 1. The largest absolute Gasteiger partial charge is 0.478 e. The van der Waals surface area contributed by atoms with Gasteiger partial charge >= 0.3 is 5.97 Å². The molecule has 0 saturated carbocycles. The number of nitrogens with zero attached hydrogens (tertiary/aromatic N) is 2. The molecule has 16 heavy (non-hydrogen) atoms. The van der Waals surface area contributed by atoms with E-state index >= 15 is 0 Å². The van der Waals surface area contributed by atoms with Crippen LogP contribution in [0.4, 0.5) is 5.95 Å². The summed E-state index contributed by atoms with van der Waals surface area (Å²) in [4.78, 5) is 18.7. The summed E-state index contributed by atoms with van der Waals surface area (Å²) >= 11 is 0. The predicted octanol–water partition coefficient (Wildman–Crippen LogP) is 1.31. The van der Waals surface area contributed by atoms with Gasteiger partial charge in [0.05, 0.1) is 11.3 Å². The molecule has 5 heteroatoms. The number of rotatable bonds is 5. The Morgan fingerprint density at radius 3 is 3.00 bits per heavy atom. The molecule has 0 saturated heterocycles. The van der Waals surface area contributed by atoms with Gasteiger partial charge in [-0.05, 0) is 13.3 Å². The highest BCUT2D eigenvalue weighted by Crippen LogP contribution is 2.06. The van der Waals surface area contributed by atoms with Crippen LogP contribution in [0.25, 0.3) is 0 Å².